The van der Waals surface area contributed by atoms with Crippen molar-refractivity contribution in [3.8, 4) is 5.75 Å². The van der Waals surface area contributed by atoms with E-state index in [0.717, 1.165) is 5.56 Å². The Hall–Kier alpha value is -1.49. The summed E-state index contributed by atoms with van der Waals surface area (Å²) in [6.07, 6.45) is 2.36. The van der Waals surface area contributed by atoms with Crippen molar-refractivity contribution in [2.75, 3.05) is 14.1 Å². The zero-order valence-corrected chi connectivity index (χ0v) is 19.7. The molecular formula is C18H17Br3N2O5. The van der Waals surface area contributed by atoms with Gasteiger partial charge in [-0.15, -0.1) is 0 Å². The zero-order chi connectivity index (χ0) is 21.1. The van der Waals surface area contributed by atoms with Crippen LogP contribution in [-0.4, -0.2) is 42.4 Å². The Balaban J connectivity index is 2.35. The summed E-state index contributed by atoms with van der Waals surface area (Å²) in [5, 5.41) is 15.6. The van der Waals surface area contributed by atoms with E-state index in [0.29, 0.717) is 14.7 Å². The summed E-state index contributed by atoms with van der Waals surface area (Å²) in [4.78, 5) is 35.7. The number of hydrogen-bond acceptors (Lipinski definition) is 5. The van der Waals surface area contributed by atoms with Crippen molar-refractivity contribution in [2.24, 2.45) is 0 Å². The fourth-order valence-electron chi connectivity index (χ4n) is 2.46. The molecule has 2 rings (SSSR count). The van der Waals surface area contributed by atoms with Gasteiger partial charge in [-0.25, -0.2) is 0 Å². The zero-order valence-electron chi connectivity index (χ0n) is 14.9. The summed E-state index contributed by atoms with van der Waals surface area (Å²) < 4.78 is 6.85. The van der Waals surface area contributed by atoms with Crippen molar-refractivity contribution in [1.82, 2.24) is 10.6 Å². The fraction of sp³-hybridized carbons (Fsp3) is 0.278. The third-order valence-electron chi connectivity index (χ3n) is 3.83. The van der Waals surface area contributed by atoms with Gasteiger partial charge in [0.1, 0.15) is 5.60 Å². The quantitative estimate of drug-likeness (QED) is 0.480. The molecule has 1 aliphatic rings. The number of ketones is 1. The molecule has 0 heterocycles. The van der Waals surface area contributed by atoms with E-state index in [4.69, 9.17) is 4.74 Å². The maximum Gasteiger partial charge on any atom is 0.234 e. The van der Waals surface area contributed by atoms with E-state index in [1.807, 2.05) is 0 Å². The molecule has 0 aliphatic heterocycles. The van der Waals surface area contributed by atoms with Gasteiger partial charge in [0, 0.05) is 14.1 Å². The molecule has 7 nitrogen and oxygen atoms in total. The summed E-state index contributed by atoms with van der Waals surface area (Å²) >= 11 is 9.86. The molecule has 1 unspecified atom stereocenters. The van der Waals surface area contributed by atoms with Gasteiger partial charge < -0.3 is 20.5 Å². The number of Topliss-reactive ketones (excluding diaryl/α,β-unsaturated/α-hetero) is 1. The highest BCUT2D eigenvalue weighted by Crippen LogP contribution is 2.38. The van der Waals surface area contributed by atoms with Gasteiger partial charge >= 0.3 is 0 Å². The van der Waals surface area contributed by atoms with Crippen molar-refractivity contribution in [1.29, 1.82) is 0 Å². The van der Waals surface area contributed by atoms with E-state index in [9.17, 15) is 19.5 Å². The average Bonchev–Trinajstić information content (AvgIpc) is 2.61. The highest BCUT2D eigenvalue weighted by Gasteiger charge is 2.35. The van der Waals surface area contributed by atoms with Gasteiger partial charge in [0.05, 0.1) is 26.3 Å². The lowest BCUT2D eigenvalue weighted by Crippen LogP contribution is -2.36. The van der Waals surface area contributed by atoms with Crippen LogP contribution >= 0.6 is 47.8 Å². The Morgan fingerprint density at radius 1 is 1.07 bits per heavy atom. The molecule has 10 heteroatoms. The van der Waals surface area contributed by atoms with E-state index in [1.54, 1.807) is 19.2 Å². The topological polar surface area (TPSA) is 105 Å². The van der Waals surface area contributed by atoms with E-state index in [-0.39, 0.29) is 29.0 Å². The first-order chi connectivity index (χ1) is 13.1. The number of allylic oxidation sites excluding steroid dienone is 1. The third-order valence-corrected chi connectivity index (χ3v) is 5.60. The second-order valence-electron chi connectivity index (χ2n) is 6.01. The SMILES string of the molecule is CNC(=O)Cc1cc(Br)c(OC2=CC(O)(CC(=O)NC)C=C(Br)C2=O)c(Br)c1. The number of amides is 2. The molecule has 0 bridgehead atoms. The molecule has 0 fully saturated rings. The minimum absolute atomic E-state index is 0.0832. The van der Waals surface area contributed by atoms with E-state index >= 15 is 0 Å². The second-order valence-corrected chi connectivity index (χ2v) is 8.57. The first kappa shape index (κ1) is 22.8. The maximum absolute atomic E-state index is 12.4. The predicted octanol–water partition coefficient (Wildman–Crippen LogP) is 2.49. The minimum Gasteiger partial charge on any atom is -0.451 e. The molecule has 1 atom stereocenters. The number of carbonyl (C=O) groups is 3. The standard InChI is InChI=1S/C18H17Br3N2O5/c1-22-14(24)5-9-3-10(19)17(11(20)4-9)28-13-7-18(27,8-15(25)23-2)6-12(21)16(13)26/h3-4,6-7,27H,5,8H2,1-2H3,(H,22,24)(H,23,25). The Morgan fingerprint density at radius 3 is 2.18 bits per heavy atom. The van der Waals surface area contributed by atoms with Gasteiger partial charge in [-0.1, -0.05) is 0 Å². The normalized spacial score (nSPS) is 18.9. The van der Waals surface area contributed by atoms with E-state index in [2.05, 4.69) is 58.4 Å². The van der Waals surface area contributed by atoms with Crippen LogP contribution in [0.2, 0.25) is 0 Å². The first-order valence-electron chi connectivity index (χ1n) is 8.03. The van der Waals surface area contributed by atoms with E-state index < -0.39 is 17.3 Å². The molecule has 0 saturated heterocycles. The van der Waals surface area contributed by atoms with Gasteiger partial charge in [0.15, 0.2) is 11.5 Å². The van der Waals surface area contributed by atoms with Crippen molar-refractivity contribution >= 4 is 65.4 Å². The summed E-state index contributed by atoms with van der Waals surface area (Å²) in [6, 6.07) is 3.40. The van der Waals surface area contributed by atoms with Crippen molar-refractivity contribution in [3.05, 3.63) is 49.0 Å². The van der Waals surface area contributed by atoms with Crippen molar-refractivity contribution < 1.29 is 24.2 Å². The summed E-state index contributed by atoms with van der Waals surface area (Å²) in [5.74, 6) is -0.864. The van der Waals surface area contributed by atoms with Crippen molar-refractivity contribution in [3.63, 3.8) is 0 Å². The Morgan fingerprint density at radius 2 is 1.64 bits per heavy atom. The molecule has 0 aromatic heterocycles. The van der Waals surface area contributed by atoms with Gasteiger partial charge in [-0.05, 0) is 77.6 Å². The van der Waals surface area contributed by atoms with Gasteiger partial charge in [0.25, 0.3) is 0 Å². The van der Waals surface area contributed by atoms with Crippen LogP contribution in [-0.2, 0) is 20.8 Å². The van der Waals surface area contributed by atoms with Crippen molar-refractivity contribution in [2.45, 2.75) is 18.4 Å². The lowest BCUT2D eigenvalue weighted by Gasteiger charge is -2.26. The van der Waals surface area contributed by atoms with Gasteiger partial charge in [-0.3, -0.25) is 14.4 Å². The Kier molecular flexibility index (Phi) is 7.60. The predicted molar refractivity (Wildman–Crippen MR) is 114 cm³/mol. The molecular weight excluding hydrogens is 564 g/mol. The highest BCUT2D eigenvalue weighted by atomic mass is 79.9. The number of likely N-dealkylation sites (N-methyl/N-ethyl adjacent to an activating group) is 1. The summed E-state index contributed by atoms with van der Waals surface area (Å²) in [5.41, 5.74) is -0.952. The molecule has 150 valence electrons. The molecule has 2 amide bonds. The van der Waals surface area contributed by atoms with Crippen LogP contribution in [0.4, 0.5) is 0 Å². The van der Waals surface area contributed by atoms with Crippen LogP contribution < -0.4 is 15.4 Å². The number of halogens is 3. The van der Waals surface area contributed by atoms with Gasteiger partial charge in [-0.2, -0.15) is 0 Å². The molecule has 0 saturated carbocycles. The van der Waals surface area contributed by atoms with Crippen LogP contribution in [0.25, 0.3) is 0 Å². The number of benzene rings is 1. The van der Waals surface area contributed by atoms with Crippen LogP contribution in [0.1, 0.15) is 12.0 Å². The summed E-state index contributed by atoms with van der Waals surface area (Å²) in [7, 11) is 3.00. The lowest BCUT2D eigenvalue weighted by atomic mass is 9.92. The summed E-state index contributed by atoms with van der Waals surface area (Å²) in [6.45, 7) is 0. The number of aliphatic hydroxyl groups is 1. The fourth-order valence-corrected chi connectivity index (χ4v) is 4.49. The molecule has 28 heavy (non-hydrogen) atoms. The van der Waals surface area contributed by atoms with E-state index in [1.165, 1.54) is 19.2 Å². The minimum atomic E-state index is -1.68. The molecule has 3 N–H and O–H groups in total. The highest BCUT2D eigenvalue weighted by molar-refractivity contribution is 9.12. The second kappa shape index (κ2) is 9.34. The molecule has 1 aliphatic carbocycles. The first-order valence-corrected chi connectivity index (χ1v) is 10.4. The van der Waals surface area contributed by atoms with Crippen LogP contribution in [0.5, 0.6) is 5.75 Å². The number of rotatable bonds is 6. The smallest absolute Gasteiger partial charge is 0.234 e. The average molecular weight is 581 g/mol. The Bertz CT molecular complexity index is 874. The molecule has 1 aromatic carbocycles. The lowest BCUT2D eigenvalue weighted by molar-refractivity contribution is -0.123. The number of ether oxygens (including phenoxy) is 1. The van der Waals surface area contributed by atoms with Crippen LogP contribution in [0.3, 0.4) is 0 Å². The van der Waals surface area contributed by atoms with Gasteiger partial charge in [0.2, 0.25) is 17.6 Å². The monoisotopic (exact) mass is 578 g/mol. The van der Waals surface area contributed by atoms with Crippen LogP contribution in [0, 0.1) is 0 Å². The molecule has 0 radical (unpaired) electrons. The number of hydrogen-bond donors (Lipinski definition) is 3. The Labute approximate surface area is 187 Å². The maximum atomic E-state index is 12.4. The number of carbonyl (C=O) groups excluding carboxylic acids is 3. The molecule has 0 spiro atoms. The van der Waals surface area contributed by atoms with Crippen LogP contribution in [0.15, 0.2) is 43.5 Å². The molecule has 1 aromatic rings. The largest absolute Gasteiger partial charge is 0.451 e. The third kappa shape index (κ3) is 5.53. The number of nitrogens with one attached hydrogen (secondary N) is 2.